The highest BCUT2D eigenvalue weighted by Crippen LogP contribution is 2.27. The van der Waals surface area contributed by atoms with E-state index in [9.17, 15) is 5.11 Å². The molecular formula is C13H18N4O. The minimum absolute atomic E-state index is 0.0528. The molecule has 1 aromatic heterocycles. The lowest BCUT2D eigenvalue weighted by Crippen LogP contribution is -2.25. The number of H-pyrrole nitrogens is 1. The highest BCUT2D eigenvalue weighted by atomic mass is 16.3. The van der Waals surface area contributed by atoms with Crippen LogP contribution in [-0.2, 0) is 0 Å². The van der Waals surface area contributed by atoms with E-state index < -0.39 is 0 Å². The Morgan fingerprint density at radius 3 is 2.78 bits per heavy atom. The van der Waals surface area contributed by atoms with Crippen molar-refractivity contribution < 1.29 is 5.11 Å². The molecule has 2 aromatic rings. The molecule has 5 heteroatoms. The van der Waals surface area contributed by atoms with Crippen molar-refractivity contribution in [3.8, 4) is 5.75 Å². The first-order valence-electron chi connectivity index (χ1n) is 6.11. The van der Waals surface area contributed by atoms with Gasteiger partial charge in [0.25, 0.3) is 0 Å². The topological polar surface area (TPSA) is 73.8 Å². The van der Waals surface area contributed by atoms with Crippen LogP contribution < -0.4 is 5.32 Å². The number of para-hydroxylation sites is 1. The summed E-state index contributed by atoms with van der Waals surface area (Å²) in [6.45, 7) is 4.10. The third-order valence-corrected chi connectivity index (χ3v) is 3.02. The van der Waals surface area contributed by atoms with Crippen molar-refractivity contribution in [3.05, 3.63) is 42.0 Å². The first kappa shape index (κ1) is 12.6. The van der Waals surface area contributed by atoms with Crippen molar-refractivity contribution >= 4 is 0 Å². The second-order valence-electron chi connectivity index (χ2n) is 4.28. The summed E-state index contributed by atoms with van der Waals surface area (Å²) in [5.74, 6) is 1.12. The van der Waals surface area contributed by atoms with Crippen LogP contribution in [-0.4, -0.2) is 20.3 Å². The Kier molecular flexibility index (Phi) is 3.94. The maximum Gasteiger partial charge on any atom is 0.141 e. The minimum atomic E-state index is 0.0528. The molecule has 1 heterocycles. The summed E-state index contributed by atoms with van der Waals surface area (Å²) in [4.78, 5) is 4.13. The molecular weight excluding hydrogens is 228 g/mol. The number of nitrogens with zero attached hydrogens (tertiary/aromatic N) is 2. The van der Waals surface area contributed by atoms with Crippen LogP contribution in [0.1, 0.15) is 43.7 Å². The van der Waals surface area contributed by atoms with Crippen molar-refractivity contribution in [2.24, 2.45) is 0 Å². The fraction of sp³-hybridized carbons (Fsp3) is 0.385. The van der Waals surface area contributed by atoms with E-state index in [0.717, 1.165) is 17.8 Å². The van der Waals surface area contributed by atoms with E-state index in [1.165, 1.54) is 6.33 Å². The van der Waals surface area contributed by atoms with Gasteiger partial charge in [-0.15, -0.1) is 0 Å². The van der Waals surface area contributed by atoms with Crippen LogP contribution in [0.2, 0.25) is 0 Å². The lowest BCUT2D eigenvalue weighted by molar-refractivity contribution is 0.413. The Morgan fingerprint density at radius 1 is 1.39 bits per heavy atom. The third-order valence-electron chi connectivity index (χ3n) is 3.02. The molecule has 0 saturated carbocycles. The largest absolute Gasteiger partial charge is 0.508 e. The number of aromatic nitrogens is 3. The molecule has 1 aromatic carbocycles. The standard InChI is InChI=1S/C13H18N4O/c1-3-11(10-6-4-5-7-12(10)18)16-9(2)13-14-8-15-17-13/h4-9,11,16,18H,3H2,1-2H3,(H,14,15,17). The summed E-state index contributed by atoms with van der Waals surface area (Å²) in [6, 6.07) is 7.54. The molecule has 0 aliphatic heterocycles. The number of hydrogen-bond donors (Lipinski definition) is 3. The predicted octanol–water partition coefficient (Wildman–Crippen LogP) is 2.31. The van der Waals surface area contributed by atoms with Crippen LogP contribution in [0, 0.1) is 0 Å². The van der Waals surface area contributed by atoms with Gasteiger partial charge in [-0.3, -0.25) is 5.10 Å². The lowest BCUT2D eigenvalue weighted by atomic mass is 10.0. The number of hydrogen-bond acceptors (Lipinski definition) is 4. The van der Waals surface area contributed by atoms with Crippen LogP contribution in [0.3, 0.4) is 0 Å². The molecule has 18 heavy (non-hydrogen) atoms. The molecule has 2 atom stereocenters. The predicted molar refractivity (Wildman–Crippen MR) is 69.1 cm³/mol. The summed E-state index contributed by atoms with van der Waals surface area (Å²) in [5.41, 5.74) is 0.909. The molecule has 0 amide bonds. The number of rotatable bonds is 5. The Bertz CT molecular complexity index is 483. The van der Waals surface area contributed by atoms with Crippen molar-refractivity contribution in [1.29, 1.82) is 0 Å². The van der Waals surface area contributed by atoms with Crippen LogP contribution in [0.25, 0.3) is 0 Å². The van der Waals surface area contributed by atoms with Gasteiger partial charge in [-0.1, -0.05) is 25.1 Å². The maximum absolute atomic E-state index is 9.88. The second kappa shape index (κ2) is 5.64. The Hall–Kier alpha value is -1.88. The van der Waals surface area contributed by atoms with Crippen molar-refractivity contribution in [2.75, 3.05) is 0 Å². The monoisotopic (exact) mass is 246 g/mol. The number of phenols is 1. The lowest BCUT2D eigenvalue weighted by Gasteiger charge is -2.22. The van der Waals surface area contributed by atoms with Crippen molar-refractivity contribution in [2.45, 2.75) is 32.4 Å². The number of benzene rings is 1. The van der Waals surface area contributed by atoms with E-state index in [-0.39, 0.29) is 12.1 Å². The van der Waals surface area contributed by atoms with Crippen molar-refractivity contribution in [1.82, 2.24) is 20.5 Å². The summed E-state index contributed by atoms with van der Waals surface area (Å²) < 4.78 is 0. The quantitative estimate of drug-likeness (QED) is 0.757. The average Bonchev–Trinajstić information content (AvgIpc) is 2.90. The Balaban J connectivity index is 2.13. The molecule has 0 fully saturated rings. The summed E-state index contributed by atoms with van der Waals surface area (Å²) in [5, 5.41) is 20.0. The summed E-state index contributed by atoms with van der Waals surface area (Å²) in [7, 11) is 0. The van der Waals surface area contributed by atoms with Crippen LogP contribution in [0.4, 0.5) is 0 Å². The Labute approximate surface area is 106 Å². The molecule has 0 aliphatic rings. The van der Waals surface area contributed by atoms with Gasteiger partial charge in [0.1, 0.15) is 17.9 Å². The van der Waals surface area contributed by atoms with E-state index >= 15 is 0 Å². The number of phenolic OH excluding ortho intramolecular Hbond substituents is 1. The van der Waals surface area contributed by atoms with E-state index in [4.69, 9.17) is 0 Å². The normalized spacial score (nSPS) is 14.3. The van der Waals surface area contributed by atoms with E-state index in [2.05, 4.69) is 27.4 Å². The zero-order valence-corrected chi connectivity index (χ0v) is 10.6. The maximum atomic E-state index is 9.88. The van der Waals surface area contributed by atoms with E-state index in [0.29, 0.717) is 5.75 Å². The second-order valence-corrected chi connectivity index (χ2v) is 4.28. The smallest absolute Gasteiger partial charge is 0.141 e. The van der Waals surface area contributed by atoms with Gasteiger partial charge in [0.05, 0.1) is 6.04 Å². The molecule has 0 bridgehead atoms. The van der Waals surface area contributed by atoms with Gasteiger partial charge < -0.3 is 10.4 Å². The molecule has 2 rings (SSSR count). The molecule has 0 radical (unpaired) electrons. The third kappa shape index (κ3) is 2.68. The molecule has 96 valence electrons. The zero-order chi connectivity index (χ0) is 13.0. The van der Waals surface area contributed by atoms with Gasteiger partial charge in [0.2, 0.25) is 0 Å². The van der Waals surface area contributed by atoms with Crippen LogP contribution in [0.15, 0.2) is 30.6 Å². The average molecular weight is 246 g/mol. The number of nitrogens with one attached hydrogen (secondary N) is 2. The van der Waals surface area contributed by atoms with Gasteiger partial charge in [-0.05, 0) is 19.4 Å². The molecule has 3 N–H and O–H groups in total. The van der Waals surface area contributed by atoms with Gasteiger partial charge >= 0.3 is 0 Å². The minimum Gasteiger partial charge on any atom is -0.508 e. The SMILES string of the molecule is CCC(NC(C)c1ncn[nH]1)c1ccccc1O. The fourth-order valence-electron chi connectivity index (χ4n) is 2.01. The molecule has 2 unspecified atom stereocenters. The molecule has 5 nitrogen and oxygen atoms in total. The van der Waals surface area contributed by atoms with Gasteiger partial charge in [0.15, 0.2) is 0 Å². The van der Waals surface area contributed by atoms with Gasteiger partial charge in [0, 0.05) is 11.6 Å². The first-order chi connectivity index (χ1) is 8.72. The highest BCUT2D eigenvalue weighted by molar-refractivity contribution is 5.34. The Morgan fingerprint density at radius 2 is 2.17 bits per heavy atom. The first-order valence-corrected chi connectivity index (χ1v) is 6.11. The van der Waals surface area contributed by atoms with E-state index in [1.54, 1.807) is 6.07 Å². The summed E-state index contributed by atoms with van der Waals surface area (Å²) >= 11 is 0. The fourth-order valence-corrected chi connectivity index (χ4v) is 2.01. The van der Waals surface area contributed by atoms with Gasteiger partial charge in [-0.25, -0.2) is 4.98 Å². The van der Waals surface area contributed by atoms with Crippen LogP contribution >= 0.6 is 0 Å². The molecule has 0 spiro atoms. The molecule has 0 aliphatic carbocycles. The van der Waals surface area contributed by atoms with Crippen LogP contribution in [0.5, 0.6) is 5.75 Å². The number of aromatic hydroxyl groups is 1. The zero-order valence-electron chi connectivity index (χ0n) is 10.6. The highest BCUT2D eigenvalue weighted by Gasteiger charge is 2.17. The molecule has 0 saturated heterocycles. The van der Waals surface area contributed by atoms with Gasteiger partial charge in [-0.2, -0.15) is 5.10 Å². The van der Waals surface area contributed by atoms with Crippen molar-refractivity contribution in [3.63, 3.8) is 0 Å². The number of aromatic amines is 1. The summed E-state index contributed by atoms with van der Waals surface area (Å²) in [6.07, 6.45) is 2.38. The van der Waals surface area contributed by atoms with E-state index in [1.807, 2.05) is 25.1 Å².